The second kappa shape index (κ2) is 4.12. The molecule has 2 fully saturated rings. The van der Waals surface area contributed by atoms with E-state index in [1.165, 1.54) is 12.8 Å². The minimum atomic E-state index is 0.192. The van der Waals surface area contributed by atoms with Gasteiger partial charge in [0.1, 0.15) is 0 Å². The smallest absolute Gasteiger partial charge is 0.223 e. The molecule has 2 aliphatic rings. The molecule has 0 aromatic rings. The van der Waals surface area contributed by atoms with Gasteiger partial charge in [0.05, 0.1) is 13.2 Å². The van der Waals surface area contributed by atoms with E-state index in [0.717, 1.165) is 26.2 Å². The van der Waals surface area contributed by atoms with Crippen LogP contribution in [0.2, 0.25) is 0 Å². The number of nitrogens with one attached hydrogen (secondary N) is 1. The highest BCUT2D eigenvalue weighted by atomic mass is 16.5. The Morgan fingerprint density at radius 3 is 2.67 bits per heavy atom. The average Bonchev–Trinajstić information content (AvgIpc) is 2.58. The van der Waals surface area contributed by atoms with Gasteiger partial charge < -0.3 is 10.1 Å². The molecule has 1 aliphatic heterocycles. The average molecular weight is 211 g/mol. The Labute approximate surface area is 91.6 Å². The summed E-state index contributed by atoms with van der Waals surface area (Å²) in [6, 6.07) is 0. The lowest BCUT2D eigenvalue weighted by molar-refractivity contribution is -0.131. The molecule has 1 aliphatic carbocycles. The first-order valence-electron chi connectivity index (χ1n) is 5.96. The molecular formula is C12H21NO2. The first-order chi connectivity index (χ1) is 7.11. The van der Waals surface area contributed by atoms with Crippen LogP contribution in [0.3, 0.4) is 0 Å². The molecule has 0 aromatic heterocycles. The van der Waals surface area contributed by atoms with Crippen LogP contribution in [0, 0.1) is 17.3 Å². The van der Waals surface area contributed by atoms with Gasteiger partial charge in [0.15, 0.2) is 0 Å². The normalized spacial score (nSPS) is 33.5. The van der Waals surface area contributed by atoms with Crippen molar-refractivity contribution in [3.05, 3.63) is 0 Å². The molecular weight excluding hydrogens is 190 g/mol. The van der Waals surface area contributed by atoms with Gasteiger partial charge >= 0.3 is 0 Å². The maximum absolute atomic E-state index is 11.9. The summed E-state index contributed by atoms with van der Waals surface area (Å²) in [6.45, 7) is 6.69. The summed E-state index contributed by atoms with van der Waals surface area (Å²) in [5.41, 5.74) is 0.192. The molecule has 0 radical (unpaired) electrons. The van der Waals surface area contributed by atoms with Gasteiger partial charge in [0, 0.05) is 17.9 Å². The highest BCUT2D eigenvalue weighted by Gasteiger charge is 2.35. The van der Waals surface area contributed by atoms with Gasteiger partial charge in [-0.05, 0) is 18.8 Å². The topological polar surface area (TPSA) is 38.3 Å². The summed E-state index contributed by atoms with van der Waals surface area (Å²) in [7, 11) is 0. The van der Waals surface area contributed by atoms with Crippen LogP contribution < -0.4 is 5.32 Å². The Morgan fingerprint density at radius 2 is 2.20 bits per heavy atom. The van der Waals surface area contributed by atoms with E-state index in [2.05, 4.69) is 19.2 Å². The van der Waals surface area contributed by atoms with Crippen LogP contribution in [-0.4, -0.2) is 25.7 Å². The van der Waals surface area contributed by atoms with Crippen molar-refractivity contribution in [2.45, 2.75) is 33.1 Å². The molecule has 3 nitrogen and oxygen atoms in total. The summed E-state index contributed by atoms with van der Waals surface area (Å²) < 4.78 is 5.17. The second-order valence-corrected chi connectivity index (χ2v) is 5.54. The number of ether oxygens (including phenoxy) is 1. The lowest BCUT2D eigenvalue weighted by Gasteiger charge is -2.38. The van der Waals surface area contributed by atoms with Gasteiger partial charge in [0.25, 0.3) is 0 Å². The third kappa shape index (κ3) is 2.33. The standard InChI is InChI=1S/C12H21NO2/c1-9-4-3-5-10(9)11(14)13-6-12(2)7-15-8-12/h9-10H,3-8H2,1-2H3,(H,13,14). The zero-order chi connectivity index (χ0) is 10.9. The second-order valence-electron chi connectivity index (χ2n) is 5.54. The van der Waals surface area contributed by atoms with Crippen LogP contribution in [0.4, 0.5) is 0 Å². The molecule has 0 aromatic carbocycles. The minimum Gasteiger partial charge on any atom is -0.380 e. The number of carbonyl (C=O) groups excluding carboxylic acids is 1. The Hall–Kier alpha value is -0.570. The lowest BCUT2D eigenvalue weighted by atomic mass is 9.88. The number of rotatable bonds is 3. The molecule has 86 valence electrons. The molecule has 0 spiro atoms. The van der Waals surface area contributed by atoms with E-state index in [1.807, 2.05) is 0 Å². The molecule has 2 unspecified atom stereocenters. The van der Waals surface area contributed by atoms with Gasteiger partial charge in [-0.25, -0.2) is 0 Å². The highest BCUT2D eigenvalue weighted by Crippen LogP contribution is 2.31. The van der Waals surface area contributed by atoms with Crippen molar-refractivity contribution in [1.29, 1.82) is 0 Å². The quantitative estimate of drug-likeness (QED) is 0.769. The molecule has 15 heavy (non-hydrogen) atoms. The summed E-state index contributed by atoms with van der Waals surface area (Å²) in [6.07, 6.45) is 3.48. The fourth-order valence-electron chi connectivity index (χ4n) is 2.52. The maximum atomic E-state index is 11.9. The molecule has 0 bridgehead atoms. The molecule has 1 saturated heterocycles. The molecule has 1 N–H and O–H groups in total. The zero-order valence-corrected chi connectivity index (χ0v) is 9.71. The van der Waals surface area contributed by atoms with Gasteiger partial charge in [0.2, 0.25) is 5.91 Å². The minimum absolute atomic E-state index is 0.192. The third-order valence-electron chi connectivity index (χ3n) is 3.79. The molecule has 2 rings (SSSR count). The van der Waals surface area contributed by atoms with E-state index in [1.54, 1.807) is 0 Å². The van der Waals surface area contributed by atoms with Crippen LogP contribution in [0.25, 0.3) is 0 Å². The van der Waals surface area contributed by atoms with Crippen LogP contribution in [0.5, 0.6) is 0 Å². The zero-order valence-electron chi connectivity index (χ0n) is 9.71. The maximum Gasteiger partial charge on any atom is 0.223 e. The van der Waals surface area contributed by atoms with E-state index in [9.17, 15) is 4.79 Å². The van der Waals surface area contributed by atoms with Crippen molar-refractivity contribution in [2.24, 2.45) is 17.3 Å². The van der Waals surface area contributed by atoms with Gasteiger partial charge in [-0.15, -0.1) is 0 Å². The van der Waals surface area contributed by atoms with Crippen molar-refractivity contribution in [2.75, 3.05) is 19.8 Å². The van der Waals surface area contributed by atoms with E-state index >= 15 is 0 Å². The molecule has 3 heteroatoms. The monoisotopic (exact) mass is 211 g/mol. The fourth-order valence-corrected chi connectivity index (χ4v) is 2.52. The van der Waals surface area contributed by atoms with Crippen molar-refractivity contribution in [3.63, 3.8) is 0 Å². The Balaban J connectivity index is 1.76. The third-order valence-corrected chi connectivity index (χ3v) is 3.79. The van der Waals surface area contributed by atoms with Crippen molar-refractivity contribution >= 4 is 5.91 Å². The van der Waals surface area contributed by atoms with Gasteiger partial charge in [-0.1, -0.05) is 20.3 Å². The Bertz CT molecular complexity index is 248. The number of hydrogen-bond acceptors (Lipinski definition) is 2. The lowest BCUT2D eigenvalue weighted by Crippen LogP contribution is -2.49. The summed E-state index contributed by atoms with van der Waals surface area (Å²) in [5.74, 6) is 1.08. The van der Waals surface area contributed by atoms with Crippen molar-refractivity contribution in [1.82, 2.24) is 5.32 Å². The summed E-state index contributed by atoms with van der Waals surface area (Å²) in [4.78, 5) is 11.9. The van der Waals surface area contributed by atoms with Crippen LogP contribution >= 0.6 is 0 Å². The largest absolute Gasteiger partial charge is 0.380 e. The fraction of sp³-hybridized carbons (Fsp3) is 0.917. The molecule has 1 amide bonds. The first-order valence-corrected chi connectivity index (χ1v) is 5.96. The van der Waals surface area contributed by atoms with Crippen molar-refractivity contribution < 1.29 is 9.53 Å². The Kier molecular flexibility index (Phi) is 3.01. The van der Waals surface area contributed by atoms with Gasteiger partial charge in [-0.2, -0.15) is 0 Å². The molecule has 2 atom stereocenters. The first kappa shape index (κ1) is 10.9. The van der Waals surface area contributed by atoms with Gasteiger partial charge in [-0.3, -0.25) is 4.79 Å². The molecule has 1 saturated carbocycles. The van der Waals surface area contributed by atoms with E-state index in [0.29, 0.717) is 5.92 Å². The summed E-state index contributed by atoms with van der Waals surface area (Å²) in [5, 5.41) is 3.08. The van der Waals surface area contributed by atoms with E-state index in [4.69, 9.17) is 4.74 Å². The number of amides is 1. The highest BCUT2D eigenvalue weighted by molar-refractivity contribution is 5.79. The predicted molar refractivity (Wildman–Crippen MR) is 58.4 cm³/mol. The SMILES string of the molecule is CC1CCCC1C(=O)NCC1(C)COC1. The Morgan fingerprint density at radius 1 is 1.47 bits per heavy atom. The summed E-state index contributed by atoms with van der Waals surface area (Å²) >= 11 is 0. The van der Waals surface area contributed by atoms with E-state index in [-0.39, 0.29) is 17.2 Å². The number of hydrogen-bond donors (Lipinski definition) is 1. The van der Waals surface area contributed by atoms with Crippen LogP contribution in [-0.2, 0) is 9.53 Å². The predicted octanol–water partition coefficient (Wildman–Crippen LogP) is 1.58. The van der Waals surface area contributed by atoms with Crippen LogP contribution in [0.1, 0.15) is 33.1 Å². The molecule has 1 heterocycles. The van der Waals surface area contributed by atoms with E-state index < -0.39 is 0 Å². The van der Waals surface area contributed by atoms with Crippen LogP contribution in [0.15, 0.2) is 0 Å². The number of carbonyl (C=O) groups is 1. The van der Waals surface area contributed by atoms with Crippen molar-refractivity contribution in [3.8, 4) is 0 Å².